The molecule has 9 heteroatoms. The molecule has 0 unspecified atom stereocenters. The Morgan fingerprint density at radius 2 is 1.59 bits per heavy atom. The van der Waals surface area contributed by atoms with Gasteiger partial charge in [0.25, 0.3) is 0 Å². The smallest absolute Gasteiger partial charge is 0.317 e. The highest BCUT2D eigenvalue weighted by molar-refractivity contribution is 6.42. The number of hydrogen-bond donors (Lipinski definition) is 0. The molecule has 0 aliphatic heterocycles. The van der Waals surface area contributed by atoms with Crippen molar-refractivity contribution in [2.75, 3.05) is 13.2 Å². The monoisotopic (exact) mass is 482 g/mol. The molecule has 0 saturated heterocycles. The minimum absolute atomic E-state index is 0.255. The summed E-state index contributed by atoms with van der Waals surface area (Å²) in [6.07, 6.45) is -0.00987. The van der Waals surface area contributed by atoms with Gasteiger partial charge in [0.2, 0.25) is 0 Å². The fourth-order valence-corrected chi connectivity index (χ4v) is 3.55. The molecule has 0 atom stereocenters. The molecule has 32 heavy (non-hydrogen) atoms. The van der Waals surface area contributed by atoms with E-state index < -0.39 is 35.2 Å². The highest BCUT2D eigenvalue weighted by Crippen LogP contribution is 2.50. The number of carbonyl (C=O) groups is 3. The Balaban J connectivity index is 1.78. The lowest BCUT2D eigenvalue weighted by Gasteiger charge is -2.21. The molecule has 170 valence electrons. The zero-order valence-corrected chi connectivity index (χ0v) is 19.0. The molecular formula is C23H21Cl2FO6. The summed E-state index contributed by atoms with van der Waals surface area (Å²) in [7, 11) is 0. The van der Waals surface area contributed by atoms with Crippen molar-refractivity contribution < 1.29 is 33.0 Å². The van der Waals surface area contributed by atoms with Gasteiger partial charge in [0.15, 0.2) is 6.10 Å². The summed E-state index contributed by atoms with van der Waals surface area (Å²) < 4.78 is 30.2. The summed E-state index contributed by atoms with van der Waals surface area (Å²) in [4.78, 5) is 35.1. The molecule has 3 rings (SSSR count). The molecule has 0 bridgehead atoms. The van der Waals surface area contributed by atoms with Gasteiger partial charge in [0, 0.05) is 19.4 Å². The van der Waals surface area contributed by atoms with Crippen LogP contribution in [0.25, 0.3) is 11.1 Å². The summed E-state index contributed by atoms with van der Waals surface area (Å²) in [5.74, 6) is -2.23. The van der Waals surface area contributed by atoms with Gasteiger partial charge in [-0.25, -0.2) is 4.39 Å². The number of carbonyl (C=O) groups excluding carboxylic acids is 3. The summed E-state index contributed by atoms with van der Waals surface area (Å²) >= 11 is 12.0. The topological polar surface area (TPSA) is 78.9 Å². The predicted octanol–water partition coefficient (Wildman–Crippen LogP) is 4.87. The van der Waals surface area contributed by atoms with Gasteiger partial charge < -0.3 is 14.2 Å². The Morgan fingerprint density at radius 1 is 0.969 bits per heavy atom. The largest absolute Gasteiger partial charge is 0.462 e. The lowest BCUT2D eigenvalue weighted by molar-refractivity contribution is -0.167. The van der Waals surface area contributed by atoms with E-state index in [4.69, 9.17) is 37.4 Å². The van der Waals surface area contributed by atoms with Crippen LogP contribution in [0.3, 0.4) is 0 Å². The van der Waals surface area contributed by atoms with Gasteiger partial charge in [-0.1, -0.05) is 41.4 Å². The molecule has 0 heterocycles. The predicted molar refractivity (Wildman–Crippen MR) is 116 cm³/mol. The molecule has 0 aromatic heterocycles. The van der Waals surface area contributed by atoms with Crippen molar-refractivity contribution >= 4 is 41.1 Å². The Bertz CT molecular complexity index is 1030. The maximum atomic E-state index is 14.9. The van der Waals surface area contributed by atoms with Gasteiger partial charge in [0.1, 0.15) is 19.0 Å². The van der Waals surface area contributed by atoms with E-state index in [-0.39, 0.29) is 13.2 Å². The summed E-state index contributed by atoms with van der Waals surface area (Å²) in [5, 5.41) is 0.672. The van der Waals surface area contributed by atoms with Crippen LogP contribution >= 0.6 is 23.2 Å². The van der Waals surface area contributed by atoms with E-state index in [2.05, 4.69) is 0 Å². The number of halogens is 3. The molecule has 1 aliphatic rings. The van der Waals surface area contributed by atoms with Crippen LogP contribution in [0.5, 0.6) is 0 Å². The minimum Gasteiger partial charge on any atom is -0.462 e. The van der Waals surface area contributed by atoms with E-state index >= 15 is 0 Å². The van der Waals surface area contributed by atoms with Crippen molar-refractivity contribution in [3.05, 3.63) is 57.8 Å². The lowest BCUT2D eigenvalue weighted by atomic mass is 9.93. The number of esters is 3. The Labute approximate surface area is 194 Å². The highest BCUT2D eigenvalue weighted by Gasteiger charge is 2.53. The normalized spacial score (nSPS) is 14.1. The average molecular weight is 483 g/mol. The standard InChI is InChI=1S/C23H21Cl2FO6/c1-13(27)30-11-17(12-31-14(2)28)32-22(29)23(7-8-23)16-4-5-18(21(26)10-16)15-3-6-19(24)20(25)9-15/h3-6,9-10,17H,7-8,11-12H2,1-2H3. The number of hydrogen-bond acceptors (Lipinski definition) is 6. The molecule has 0 N–H and O–H groups in total. The molecule has 0 radical (unpaired) electrons. The SMILES string of the molecule is CC(=O)OCC(COC(C)=O)OC(=O)C1(c2ccc(-c3ccc(Cl)c(Cl)c3)c(F)c2)CC1. The molecule has 0 amide bonds. The van der Waals surface area contributed by atoms with Crippen LogP contribution < -0.4 is 0 Å². The molecule has 1 saturated carbocycles. The zero-order valence-electron chi connectivity index (χ0n) is 17.5. The first-order valence-corrected chi connectivity index (χ1v) is 10.6. The van der Waals surface area contributed by atoms with Crippen LogP contribution in [0.15, 0.2) is 36.4 Å². The van der Waals surface area contributed by atoms with E-state index in [1.165, 1.54) is 19.9 Å². The van der Waals surface area contributed by atoms with E-state index in [1.807, 2.05) is 0 Å². The van der Waals surface area contributed by atoms with Crippen LogP contribution in [0.2, 0.25) is 10.0 Å². The van der Waals surface area contributed by atoms with Crippen molar-refractivity contribution in [2.45, 2.75) is 38.2 Å². The van der Waals surface area contributed by atoms with Crippen molar-refractivity contribution in [1.82, 2.24) is 0 Å². The van der Waals surface area contributed by atoms with E-state index in [9.17, 15) is 18.8 Å². The average Bonchev–Trinajstić information content (AvgIpc) is 3.54. The molecule has 2 aromatic rings. The molecule has 0 spiro atoms. The fourth-order valence-electron chi connectivity index (χ4n) is 3.25. The van der Waals surface area contributed by atoms with Crippen LogP contribution in [0.1, 0.15) is 32.3 Å². The summed E-state index contributed by atoms with van der Waals surface area (Å²) in [6, 6.07) is 9.35. The van der Waals surface area contributed by atoms with E-state index in [0.29, 0.717) is 39.6 Å². The third-order valence-corrected chi connectivity index (χ3v) is 5.85. The highest BCUT2D eigenvalue weighted by atomic mass is 35.5. The number of ether oxygens (including phenoxy) is 3. The molecular weight excluding hydrogens is 462 g/mol. The van der Waals surface area contributed by atoms with Crippen LogP contribution in [-0.2, 0) is 34.0 Å². The third-order valence-electron chi connectivity index (χ3n) is 5.11. The van der Waals surface area contributed by atoms with Crippen LogP contribution in [-0.4, -0.2) is 37.2 Å². The van der Waals surface area contributed by atoms with E-state index in [0.717, 1.165) is 0 Å². The third kappa shape index (κ3) is 5.58. The van der Waals surface area contributed by atoms with Crippen molar-refractivity contribution in [1.29, 1.82) is 0 Å². The first-order valence-electron chi connectivity index (χ1n) is 9.85. The molecule has 6 nitrogen and oxygen atoms in total. The summed E-state index contributed by atoms with van der Waals surface area (Å²) in [6.45, 7) is 1.92. The molecule has 1 fully saturated rings. The zero-order chi connectivity index (χ0) is 23.5. The van der Waals surface area contributed by atoms with Gasteiger partial charge in [-0.05, 0) is 42.2 Å². The first kappa shape index (κ1) is 24.0. The Kier molecular flexibility index (Phi) is 7.41. The molecule has 2 aromatic carbocycles. The van der Waals surface area contributed by atoms with Crippen molar-refractivity contribution in [2.24, 2.45) is 0 Å². The van der Waals surface area contributed by atoms with Gasteiger partial charge in [0.05, 0.1) is 15.5 Å². The quantitative estimate of drug-likeness (QED) is 0.394. The van der Waals surface area contributed by atoms with Gasteiger partial charge in [-0.3, -0.25) is 14.4 Å². The Hall–Kier alpha value is -2.64. The van der Waals surface area contributed by atoms with Crippen molar-refractivity contribution in [3.8, 4) is 11.1 Å². The maximum Gasteiger partial charge on any atom is 0.317 e. The first-order chi connectivity index (χ1) is 15.1. The van der Waals surface area contributed by atoms with Gasteiger partial charge in [-0.2, -0.15) is 0 Å². The number of rotatable bonds is 8. The van der Waals surface area contributed by atoms with E-state index in [1.54, 1.807) is 30.3 Å². The Morgan fingerprint density at radius 3 is 2.09 bits per heavy atom. The summed E-state index contributed by atoms with van der Waals surface area (Å²) in [5.41, 5.74) is 0.349. The van der Waals surface area contributed by atoms with Gasteiger partial charge >= 0.3 is 17.9 Å². The second-order valence-corrected chi connectivity index (χ2v) is 8.35. The fraction of sp³-hybridized carbons (Fsp3) is 0.348. The minimum atomic E-state index is -0.998. The lowest BCUT2D eigenvalue weighted by Crippen LogP contribution is -2.34. The maximum absolute atomic E-state index is 14.9. The second kappa shape index (κ2) is 9.88. The molecule has 1 aliphatic carbocycles. The number of benzene rings is 2. The van der Waals surface area contributed by atoms with Crippen LogP contribution in [0.4, 0.5) is 4.39 Å². The van der Waals surface area contributed by atoms with Crippen LogP contribution in [0, 0.1) is 5.82 Å². The van der Waals surface area contributed by atoms with Gasteiger partial charge in [-0.15, -0.1) is 0 Å². The second-order valence-electron chi connectivity index (χ2n) is 7.54. The van der Waals surface area contributed by atoms with Crippen molar-refractivity contribution in [3.63, 3.8) is 0 Å².